The molecule has 1 heterocycles. The van der Waals surface area contributed by atoms with E-state index in [-0.39, 0.29) is 11.1 Å². The van der Waals surface area contributed by atoms with E-state index in [1.165, 1.54) is 12.8 Å². The highest BCUT2D eigenvalue weighted by Crippen LogP contribution is 2.30. The van der Waals surface area contributed by atoms with Crippen LogP contribution in [0, 0.1) is 0 Å². The van der Waals surface area contributed by atoms with Crippen LogP contribution in [0.25, 0.3) is 0 Å². The first-order chi connectivity index (χ1) is 4.81. The molecule has 11 heavy (non-hydrogen) atoms. The van der Waals surface area contributed by atoms with Gasteiger partial charge in [-0.05, 0) is 40.5 Å². The van der Waals surface area contributed by atoms with Gasteiger partial charge in [0, 0.05) is 16.3 Å². The minimum absolute atomic E-state index is 0.258. The van der Waals surface area contributed by atoms with E-state index in [0.717, 1.165) is 0 Å². The van der Waals surface area contributed by atoms with Crippen LogP contribution in [0.3, 0.4) is 0 Å². The molecule has 1 rings (SSSR count). The van der Waals surface area contributed by atoms with Crippen molar-refractivity contribution < 1.29 is 0 Å². The van der Waals surface area contributed by atoms with E-state index < -0.39 is 0 Å². The molecule has 0 radical (unpaired) electrons. The maximum Gasteiger partial charge on any atom is 0.0140 e. The summed E-state index contributed by atoms with van der Waals surface area (Å²) in [4.78, 5) is 0. The fourth-order valence-electron chi connectivity index (χ4n) is 2.27. The second-order valence-corrected chi connectivity index (χ2v) is 5.69. The number of hydrogen-bond donors (Lipinski definition) is 2. The third-order valence-corrected chi connectivity index (χ3v) is 2.53. The standard InChI is InChI=1S/C9H19NS/c1-8(2)5-7(11)6-9(3,4)10-8/h7,10-11H,5-6H2,1-4H3. The van der Waals surface area contributed by atoms with E-state index in [9.17, 15) is 0 Å². The number of thiol groups is 1. The number of piperidine rings is 1. The van der Waals surface area contributed by atoms with Crippen LogP contribution in [-0.4, -0.2) is 16.3 Å². The summed E-state index contributed by atoms with van der Waals surface area (Å²) in [6.45, 7) is 8.99. The van der Waals surface area contributed by atoms with Crippen molar-refractivity contribution in [2.75, 3.05) is 0 Å². The zero-order chi connectivity index (χ0) is 8.70. The van der Waals surface area contributed by atoms with Gasteiger partial charge in [-0.25, -0.2) is 0 Å². The van der Waals surface area contributed by atoms with Crippen LogP contribution in [0.2, 0.25) is 0 Å². The van der Waals surface area contributed by atoms with Crippen molar-refractivity contribution >= 4 is 12.6 Å². The molecule has 1 nitrogen and oxygen atoms in total. The summed E-state index contributed by atoms with van der Waals surface area (Å²) >= 11 is 4.55. The lowest BCUT2D eigenvalue weighted by Crippen LogP contribution is -2.58. The molecule has 0 aliphatic carbocycles. The normalized spacial score (nSPS) is 30.3. The average Bonchev–Trinajstić information content (AvgIpc) is 1.49. The van der Waals surface area contributed by atoms with Gasteiger partial charge >= 0.3 is 0 Å². The Morgan fingerprint density at radius 1 is 1.09 bits per heavy atom. The fourth-order valence-corrected chi connectivity index (χ4v) is 3.18. The fraction of sp³-hybridized carbons (Fsp3) is 1.00. The molecule has 0 atom stereocenters. The van der Waals surface area contributed by atoms with E-state index in [2.05, 4.69) is 45.6 Å². The second kappa shape index (κ2) is 2.67. The molecule has 1 N–H and O–H groups in total. The lowest BCUT2D eigenvalue weighted by molar-refractivity contribution is 0.189. The van der Waals surface area contributed by atoms with E-state index >= 15 is 0 Å². The van der Waals surface area contributed by atoms with Crippen LogP contribution in [0.4, 0.5) is 0 Å². The van der Waals surface area contributed by atoms with Crippen LogP contribution < -0.4 is 5.32 Å². The van der Waals surface area contributed by atoms with Gasteiger partial charge in [0.05, 0.1) is 0 Å². The Morgan fingerprint density at radius 3 is 1.73 bits per heavy atom. The Kier molecular flexibility index (Phi) is 2.28. The molecule has 66 valence electrons. The molecule has 0 amide bonds. The third kappa shape index (κ3) is 2.68. The second-order valence-electron chi connectivity index (χ2n) is 4.95. The van der Waals surface area contributed by atoms with Gasteiger partial charge in [0.1, 0.15) is 0 Å². The molecule has 2 heteroatoms. The first kappa shape index (κ1) is 9.40. The molecular formula is C9H19NS. The van der Waals surface area contributed by atoms with Gasteiger partial charge in [-0.15, -0.1) is 0 Å². The van der Waals surface area contributed by atoms with Crippen LogP contribution in [-0.2, 0) is 0 Å². The summed E-state index contributed by atoms with van der Waals surface area (Å²) in [5.41, 5.74) is 0.516. The molecule has 0 aromatic heterocycles. The van der Waals surface area contributed by atoms with E-state index in [1.807, 2.05) is 0 Å². The van der Waals surface area contributed by atoms with Crippen molar-refractivity contribution in [1.82, 2.24) is 5.32 Å². The maximum absolute atomic E-state index is 4.55. The van der Waals surface area contributed by atoms with Crippen molar-refractivity contribution in [1.29, 1.82) is 0 Å². The van der Waals surface area contributed by atoms with Crippen molar-refractivity contribution in [3.05, 3.63) is 0 Å². The molecule has 1 aliphatic heterocycles. The molecule has 0 unspecified atom stereocenters. The molecule has 0 saturated carbocycles. The topological polar surface area (TPSA) is 12.0 Å². The Labute approximate surface area is 75.4 Å². The zero-order valence-corrected chi connectivity index (χ0v) is 8.83. The summed E-state index contributed by atoms with van der Waals surface area (Å²) in [5, 5.41) is 4.17. The van der Waals surface area contributed by atoms with E-state index in [0.29, 0.717) is 5.25 Å². The highest BCUT2D eigenvalue weighted by Gasteiger charge is 2.35. The Bertz CT molecular complexity index is 136. The smallest absolute Gasteiger partial charge is 0.0140 e. The average molecular weight is 173 g/mol. The molecule has 1 fully saturated rings. The maximum atomic E-state index is 4.55. The van der Waals surface area contributed by atoms with Gasteiger partial charge in [-0.3, -0.25) is 0 Å². The predicted octanol–water partition coefficient (Wildman–Crippen LogP) is 2.23. The summed E-state index contributed by atoms with van der Waals surface area (Å²) in [5.74, 6) is 0. The van der Waals surface area contributed by atoms with Gasteiger partial charge in [0.2, 0.25) is 0 Å². The predicted molar refractivity (Wildman–Crippen MR) is 53.3 cm³/mol. The third-order valence-electron chi connectivity index (χ3n) is 2.17. The molecule has 0 aromatic carbocycles. The van der Waals surface area contributed by atoms with Gasteiger partial charge in [0.25, 0.3) is 0 Å². The Hall–Kier alpha value is 0.310. The molecule has 0 aromatic rings. The molecule has 0 bridgehead atoms. The first-order valence-corrected chi connectivity index (χ1v) is 4.80. The highest BCUT2D eigenvalue weighted by atomic mass is 32.1. The number of nitrogens with one attached hydrogen (secondary N) is 1. The molecular weight excluding hydrogens is 154 g/mol. The quantitative estimate of drug-likeness (QED) is 0.535. The van der Waals surface area contributed by atoms with Crippen LogP contribution in [0.5, 0.6) is 0 Å². The molecule has 1 saturated heterocycles. The van der Waals surface area contributed by atoms with Gasteiger partial charge in [-0.2, -0.15) is 12.6 Å². The number of hydrogen-bond acceptors (Lipinski definition) is 2. The van der Waals surface area contributed by atoms with Crippen molar-refractivity contribution in [2.24, 2.45) is 0 Å². The largest absolute Gasteiger partial charge is 0.307 e. The summed E-state index contributed by atoms with van der Waals surface area (Å²) < 4.78 is 0. The van der Waals surface area contributed by atoms with Crippen LogP contribution in [0.15, 0.2) is 0 Å². The van der Waals surface area contributed by atoms with Crippen molar-refractivity contribution in [2.45, 2.75) is 56.9 Å². The zero-order valence-electron chi connectivity index (χ0n) is 7.94. The Balaban J connectivity index is 2.66. The molecule has 0 spiro atoms. The number of rotatable bonds is 0. The van der Waals surface area contributed by atoms with Crippen LogP contribution in [0.1, 0.15) is 40.5 Å². The minimum atomic E-state index is 0.258. The van der Waals surface area contributed by atoms with E-state index in [4.69, 9.17) is 0 Å². The van der Waals surface area contributed by atoms with Crippen molar-refractivity contribution in [3.8, 4) is 0 Å². The monoisotopic (exact) mass is 173 g/mol. The van der Waals surface area contributed by atoms with Crippen LogP contribution >= 0.6 is 12.6 Å². The van der Waals surface area contributed by atoms with Gasteiger partial charge < -0.3 is 5.32 Å². The lowest BCUT2D eigenvalue weighted by Gasteiger charge is -2.45. The summed E-state index contributed by atoms with van der Waals surface area (Å²) in [7, 11) is 0. The summed E-state index contributed by atoms with van der Waals surface area (Å²) in [6, 6.07) is 0. The van der Waals surface area contributed by atoms with Gasteiger partial charge in [-0.1, -0.05) is 0 Å². The highest BCUT2D eigenvalue weighted by molar-refractivity contribution is 7.80. The first-order valence-electron chi connectivity index (χ1n) is 4.28. The van der Waals surface area contributed by atoms with E-state index in [1.54, 1.807) is 0 Å². The SMILES string of the molecule is CC1(C)CC(S)CC(C)(C)N1. The van der Waals surface area contributed by atoms with Crippen molar-refractivity contribution in [3.63, 3.8) is 0 Å². The van der Waals surface area contributed by atoms with Gasteiger partial charge in [0.15, 0.2) is 0 Å². The molecule has 1 aliphatic rings. The summed E-state index contributed by atoms with van der Waals surface area (Å²) in [6.07, 6.45) is 2.33. The Morgan fingerprint density at radius 2 is 1.45 bits per heavy atom. The minimum Gasteiger partial charge on any atom is -0.307 e. The lowest BCUT2D eigenvalue weighted by atomic mass is 9.82.